The zero-order valence-electron chi connectivity index (χ0n) is 11.3. The van der Waals surface area contributed by atoms with E-state index in [0.717, 1.165) is 5.56 Å². The minimum Gasteiger partial charge on any atom is -0.380 e. The summed E-state index contributed by atoms with van der Waals surface area (Å²) in [5.74, 6) is 0.359. The highest BCUT2D eigenvalue weighted by Crippen LogP contribution is 2.15. The van der Waals surface area contributed by atoms with Crippen LogP contribution in [0.4, 0.5) is 0 Å². The fourth-order valence-corrected chi connectivity index (χ4v) is 2.27. The number of rotatable bonds is 4. The van der Waals surface area contributed by atoms with Crippen molar-refractivity contribution in [2.75, 3.05) is 7.11 Å². The fraction of sp³-hybridized carbons (Fsp3) is 0.429. The van der Waals surface area contributed by atoms with Crippen molar-refractivity contribution in [2.45, 2.75) is 26.9 Å². The van der Waals surface area contributed by atoms with Crippen molar-refractivity contribution in [3.05, 3.63) is 45.0 Å². The molecule has 0 spiro atoms. The van der Waals surface area contributed by atoms with Crippen LogP contribution < -0.4 is 5.56 Å². The summed E-state index contributed by atoms with van der Waals surface area (Å²) in [5, 5.41) is 0.299. The number of fused-ring (bicyclic) bond motifs is 1. The van der Waals surface area contributed by atoms with E-state index in [4.69, 9.17) is 16.3 Å². The maximum absolute atomic E-state index is 12.4. The van der Waals surface area contributed by atoms with Crippen molar-refractivity contribution in [1.29, 1.82) is 0 Å². The van der Waals surface area contributed by atoms with E-state index in [1.54, 1.807) is 13.3 Å². The Morgan fingerprint density at radius 3 is 2.84 bits per heavy atom. The predicted molar refractivity (Wildman–Crippen MR) is 75.7 cm³/mol. The Hall–Kier alpha value is -1.39. The number of hydrogen-bond donors (Lipinski definition) is 0. The van der Waals surface area contributed by atoms with Crippen molar-refractivity contribution in [1.82, 2.24) is 9.38 Å². The molecule has 4 nitrogen and oxygen atoms in total. The lowest BCUT2D eigenvalue weighted by Gasteiger charge is -2.09. The first-order valence-corrected chi connectivity index (χ1v) is 6.59. The SMILES string of the molecule is COCc1ccn2c(=O)c(CC(C)C)c(Cl)nc2c1. The third kappa shape index (κ3) is 2.96. The number of hydrogen-bond acceptors (Lipinski definition) is 3. The molecule has 0 saturated carbocycles. The van der Waals surface area contributed by atoms with Crippen LogP contribution in [0.25, 0.3) is 5.65 Å². The summed E-state index contributed by atoms with van der Waals surface area (Å²) in [6, 6.07) is 3.67. The number of methoxy groups -OCH3 is 1. The smallest absolute Gasteiger partial charge is 0.262 e. The lowest BCUT2D eigenvalue weighted by Crippen LogP contribution is -2.21. The zero-order chi connectivity index (χ0) is 14.0. The second-order valence-electron chi connectivity index (χ2n) is 4.98. The minimum atomic E-state index is -0.0901. The van der Waals surface area contributed by atoms with Crippen LogP contribution in [-0.4, -0.2) is 16.5 Å². The maximum Gasteiger partial charge on any atom is 0.262 e. The van der Waals surface area contributed by atoms with E-state index < -0.39 is 0 Å². The van der Waals surface area contributed by atoms with Gasteiger partial charge in [-0.05, 0) is 30.0 Å². The lowest BCUT2D eigenvalue weighted by atomic mass is 10.1. The molecule has 2 heterocycles. The van der Waals surface area contributed by atoms with E-state index >= 15 is 0 Å². The first-order valence-electron chi connectivity index (χ1n) is 6.21. The molecule has 0 bridgehead atoms. The average Bonchev–Trinajstić information content (AvgIpc) is 2.34. The molecule has 0 aliphatic heterocycles. The Balaban J connectivity index is 2.59. The average molecular weight is 281 g/mol. The van der Waals surface area contributed by atoms with Crippen molar-refractivity contribution >= 4 is 17.2 Å². The van der Waals surface area contributed by atoms with Gasteiger partial charge < -0.3 is 4.74 Å². The van der Waals surface area contributed by atoms with Gasteiger partial charge in [0, 0.05) is 13.3 Å². The molecule has 0 saturated heterocycles. The molecule has 5 heteroatoms. The van der Waals surface area contributed by atoms with Gasteiger partial charge in [0.2, 0.25) is 0 Å². The molecule has 19 heavy (non-hydrogen) atoms. The van der Waals surface area contributed by atoms with Gasteiger partial charge in [-0.25, -0.2) is 4.98 Å². The molecular weight excluding hydrogens is 264 g/mol. The predicted octanol–water partition coefficient (Wildman–Crippen LogP) is 2.69. The van der Waals surface area contributed by atoms with Gasteiger partial charge in [0.1, 0.15) is 10.8 Å². The summed E-state index contributed by atoms with van der Waals surface area (Å²) in [6.45, 7) is 4.58. The molecule has 0 amide bonds. The molecule has 2 rings (SSSR count). The minimum absolute atomic E-state index is 0.0901. The van der Waals surface area contributed by atoms with Crippen molar-refractivity contribution < 1.29 is 4.74 Å². The molecule has 102 valence electrons. The second-order valence-corrected chi connectivity index (χ2v) is 5.34. The molecule has 2 aromatic rings. The highest BCUT2D eigenvalue weighted by atomic mass is 35.5. The van der Waals surface area contributed by atoms with Gasteiger partial charge in [0.25, 0.3) is 5.56 Å². The van der Waals surface area contributed by atoms with E-state index in [1.807, 2.05) is 26.0 Å². The molecule has 0 fully saturated rings. The number of aromatic nitrogens is 2. The monoisotopic (exact) mass is 280 g/mol. The van der Waals surface area contributed by atoms with E-state index in [0.29, 0.717) is 35.3 Å². The molecule has 0 aliphatic rings. The normalized spacial score (nSPS) is 11.4. The van der Waals surface area contributed by atoms with Gasteiger partial charge in [0.15, 0.2) is 0 Å². The topological polar surface area (TPSA) is 43.6 Å². The Kier molecular flexibility index (Phi) is 4.22. The van der Waals surface area contributed by atoms with Crippen LogP contribution in [0.2, 0.25) is 5.15 Å². The number of pyridine rings is 1. The molecule has 2 aromatic heterocycles. The molecule has 0 N–H and O–H groups in total. The molecule has 0 aromatic carbocycles. The van der Waals surface area contributed by atoms with Crippen molar-refractivity contribution in [2.24, 2.45) is 5.92 Å². The first kappa shape index (κ1) is 14.0. The lowest BCUT2D eigenvalue weighted by molar-refractivity contribution is 0.185. The number of ether oxygens (including phenoxy) is 1. The molecule has 0 aliphatic carbocycles. The molecule has 0 atom stereocenters. The highest BCUT2D eigenvalue weighted by molar-refractivity contribution is 6.30. The third-order valence-corrected chi connectivity index (χ3v) is 3.17. The van der Waals surface area contributed by atoms with E-state index in [-0.39, 0.29) is 5.56 Å². The summed E-state index contributed by atoms with van der Waals surface area (Å²) in [5.41, 5.74) is 2.00. The van der Waals surface area contributed by atoms with E-state index in [9.17, 15) is 4.79 Å². The van der Waals surface area contributed by atoms with Crippen molar-refractivity contribution in [3.63, 3.8) is 0 Å². The van der Waals surface area contributed by atoms with Gasteiger partial charge in [-0.2, -0.15) is 0 Å². The van der Waals surface area contributed by atoms with E-state index in [1.165, 1.54) is 4.40 Å². The van der Waals surface area contributed by atoms with Crippen molar-refractivity contribution in [3.8, 4) is 0 Å². The summed E-state index contributed by atoms with van der Waals surface area (Å²) in [6.07, 6.45) is 2.35. The van der Waals surface area contributed by atoms with Crippen LogP contribution in [0.3, 0.4) is 0 Å². The maximum atomic E-state index is 12.4. The Morgan fingerprint density at radius 2 is 2.21 bits per heavy atom. The van der Waals surface area contributed by atoms with Gasteiger partial charge in [0.05, 0.1) is 12.2 Å². The van der Waals surface area contributed by atoms with Crippen LogP contribution >= 0.6 is 11.6 Å². The highest BCUT2D eigenvalue weighted by Gasteiger charge is 2.12. The van der Waals surface area contributed by atoms with Crippen LogP contribution in [0.1, 0.15) is 25.0 Å². The first-order chi connectivity index (χ1) is 9.02. The molecule has 0 unspecified atom stereocenters. The Morgan fingerprint density at radius 1 is 1.47 bits per heavy atom. The Bertz CT molecular complexity index is 650. The summed E-state index contributed by atoms with van der Waals surface area (Å²) < 4.78 is 6.60. The standard InChI is InChI=1S/C14H17ClN2O2/c1-9(2)6-11-13(15)16-12-7-10(8-19-3)4-5-17(12)14(11)18/h4-5,7,9H,6,8H2,1-3H3. The second kappa shape index (κ2) is 5.72. The van der Waals surface area contributed by atoms with Crippen LogP contribution in [0.5, 0.6) is 0 Å². The van der Waals surface area contributed by atoms with Gasteiger partial charge in [-0.3, -0.25) is 9.20 Å². The fourth-order valence-electron chi connectivity index (χ4n) is 2.03. The van der Waals surface area contributed by atoms with E-state index in [2.05, 4.69) is 4.98 Å². The summed E-state index contributed by atoms with van der Waals surface area (Å²) >= 11 is 6.13. The molecule has 0 radical (unpaired) electrons. The largest absolute Gasteiger partial charge is 0.380 e. The van der Waals surface area contributed by atoms with Gasteiger partial charge >= 0.3 is 0 Å². The van der Waals surface area contributed by atoms with Crippen LogP contribution in [-0.2, 0) is 17.8 Å². The number of nitrogens with zero attached hydrogens (tertiary/aromatic N) is 2. The molecular formula is C14H17ClN2O2. The van der Waals surface area contributed by atoms with Gasteiger partial charge in [-0.1, -0.05) is 25.4 Å². The summed E-state index contributed by atoms with van der Waals surface area (Å²) in [4.78, 5) is 16.7. The third-order valence-electron chi connectivity index (χ3n) is 2.86. The summed E-state index contributed by atoms with van der Waals surface area (Å²) in [7, 11) is 1.63. The van der Waals surface area contributed by atoms with Crippen LogP contribution in [0.15, 0.2) is 23.1 Å². The quantitative estimate of drug-likeness (QED) is 0.809. The van der Waals surface area contributed by atoms with Gasteiger partial charge in [-0.15, -0.1) is 0 Å². The number of halogens is 1. The zero-order valence-corrected chi connectivity index (χ0v) is 12.1. The Labute approximate surface area is 117 Å². The van der Waals surface area contributed by atoms with Crippen LogP contribution in [0, 0.1) is 5.92 Å².